The van der Waals surface area contributed by atoms with Crippen molar-refractivity contribution in [3.05, 3.63) is 0 Å². The summed E-state index contributed by atoms with van der Waals surface area (Å²) in [4.78, 5) is 0. The summed E-state index contributed by atoms with van der Waals surface area (Å²) in [5, 5.41) is 13.0. The predicted molar refractivity (Wildman–Crippen MR) is 67.3 cm³/mol. The molecule has 0 amide bonds. The quantitative estimate of drug-likeness (QED) is 0.728. The highest BCUT2D eigenvalue weighted by atomic mass is 16.3. The van der Waals surface area contributed by atoms with Crippen molar-refractivity contribution in [2.24, 2.45) is 17.3 Å². The topological polar surface area (TPSA) is 32.3 Å². The SMILES string of the molecule is CC(C)(C)C(CCO)NC(C1CC1)C1CC1. The number of aliphatic hydroxyl groups is 1. The zero-order valence-electron chi connectivity index (χ0n) is 11.0. The van der Waals surface area contributed by atoms with Crippen molar-refractivity contribution in [2.45, 2.75) is 65.0 Å². The van der Waals surface area contributed by atoms with Gasteiger partial charge < -0.3 is 10.4 Å². The van der Waals surface area contributed by atoms with Crippen LogP contribution in [-0.4, -0.2) is 23.8 Å². The third-order valence-corrected chi connectivity index (χ3v) is 4.12. The fourth-order valence-corrected chi connectivity index (χ4v) is 2.70. The van der Waals surface area contributed by atoms with E-state index in [0.29, 0.717) is 12.6 Å². The number of aliphatic hydroxyl groups excluding tert-OH is 1. The van der Waals surface area contributed by atoms with Gasteiger partial charge in [-0.3, -0.25) is 0 Å². The molecule has 0 spiro atoms. The average Bonchev–Trinajstić information content (AvgIpc) is 2.99. The van der Waals surface area contributed by atoms with Crippen LogP contribution in [0.3, 0.4) is 0 Å². The van der Waals surface area contributed by atoms with Crippen molar-refractivity contribution in [3.8, 4) is 0 Å². The minimum atomic E-state index is 0.255. The molecule has 2 nitrogen and oxygen atoms in total. The maximum atomic E-state index is 9.18. The molecule has 2 aliphatic rings. The highest BCUT2D eigenvalue weighted by molar-refractivity contribution is 4.98. The van der Waals surface area contributed by atoms with Crippen LogP contribution in [0.2, 0.25) is 0 Å². The number of nitrogens with one attached hydrogen (secondary N) is 1. The van der Waals surface area contributed by atoms with E-state index in [1.54, 1.807) is 0 Å². The predicted octanol–water partition coefficient (Wildman–Crippen LogP) is 2.56. The van der Waals surface area contributed by atoms with E-state index in [1.165, 1.54) is 25.7 Å². The van der Waals surface area contributed by atoms with Gasteiger partial charge in [0.1, 0.15) is 0 Å². The van der Waals surface area contributed by atoms with Crippen LogP contribution in [0, 0.1) is 17.3 Å². The Kier molecular flexibility index (Phi) is 3.60. The third-order valence-electron chi connectivity index (χ3n) is 4.12. The molecule has 0 aromatic heterocycles. The Morgan fingerprint density at radius 2 is 1.62 bits per heavy atom. The molecule has 0 bridgehead atoms. The zero-order chi connectivity index (χ0) is 11.8. The van der Waals surface area contributed by atoms with E-state index < -0.39 is 0 Å². The van der Waals surface area contributed by atoms with Crippen LogP contribution >= 0.6 is 0 Å². The van der Waals surface area contributed by atoms with E-state index in [0.717, 1.165) is 24.3 Å². The minimum absolute atomic E-state index is 0.255. The minimum Gasteiger partial charge on any atom is -0.396 e. The van der Waals surface area contributed by atoms with E-state index in [2.05, 4.69) is 26.1 Å². The van der Waals surface area contributed by atoms with Crippen molar-refractivity contribution >= 4 is 0 Å². The molecule has 0 aromatic carbocycles. The van der Waals surface area contributed by atoms with E-state index in [9.17, 15) is 5.11 Å². The molecule has 0 saturated heterocycles. The van der Waals surface area contributed by atoms with Gasteiger partial charge in [0.05, 0.1) is 0 Å². The van der Waals surface area contributed by atoms with Gasteiger partial charge in [0.2, 0.25) is 0 Å². The molecule has 94 valence electrons. The van der Waals surface area contributed by atoms with Crippen molar-refractivity contribution in [1.29, 1.82) is 0 Å². The molecule has 0 heterocycles. The van der Waals surface area contributed by atoms with E-state index >= 15 is 0 Å². The van der Waals surface area contributed by atoms with Crippen molar-refractivity contribution in [2.75, 3.05) is 6.61 Å². The lowest BCUT2D eigenvalue weighted by Crippen LogP contribution is -2.48. The smallest absolute Gasteiger partial charge is 0.0446 e. The molecular weight excluding hydrogens is 198 g/mol. The van der Waals surface area contributed by atoms with E-state index in [1.807, 2.05) is 0 Å². The molecule has 1 unspecified atom stereocenters. The first-order chi connectivity index (χ1) is 7.52. The molecule has 2 rings (SSSR count). The number of hydrogen-bond donors (Lipinski definition) is 2. The van der Waals surface area contributed by atoms with Gasteiger partial charge in [-0.15, -0.1) is 0 Å². The Hall–Kier alpha value is -0.0800. The molecule has 0 aromatic rings. The van der Waals surface area contributed by atoms with Gasteiger partial charge in [-0.25, -0.2) is 0 Å². The van der Waals surface area contributed by atoms with Crippen molar-refractivity contribution in [1.82, 2.24) is 5.32 Å². The van der Waals surface area contributed by atoms with Gasteiger partial charge in [-0.2, -0.15) is 0 Å². The molecule has 2 heteroatoms. The van der Waals surface area contributed by atoms with Gasteiger partial charge in [0.15, 0.2) is 0 Å². The van der Waals surface area contributed by atoms with Gasteiger partial charge in [-0.1, -0.05) is 20.8 Å². The summed E-state index contributed by atoms with van der Waals surface area (Å²) in [5.41, 5.74) is 0.255. The second-order valence-corrected chi connectivity index (χ2v) is 6.80. The Morgan fingerprint density at radius 1 is 1.12 bits per heavy atom. The fraction of sp³-hybridized carbons (Fsp3) is 1.00. The summed E-state index contributed by atoms with van der Waals surface area (Å²) in [6, 6.07) is 1.21. The Balaban J connectivity index is 1.91. The van der Waals surface area contributed by atoms with Gasteiger partial charge in [-0.05, 0) is 49.4 Å². The largest absolute Gasteiger partial charge is 0.396 e. The first-order valence-electron chi connectivity index (χ1n) is 6.89. The van der Waals surface area contributed by atoms with Gasteiger partial charge in [0, 0.05) is 18.7 Å². The summed E-state index contributed by atoms with van der Waals surface area (Å²) in [7, 11) is 0. The van der Waals surface area contributed by atoms with Crippen LogP contribution in [0.5, 0.6) is 0 Å². The Bertz CT molecular complexity index is 213. The van der Waals surface area contributed by atoms with Crippen LogP contribution < -0.4 is 5.32 Å². The molecule has 2 N–H and O–H groups in total. The Labute approximate surface area is 99.8 Å². The average molecular weight is 225 g/mol. The Morgan fingerprint density at radius 3 is 1.94 bits per heavy atom. The second-order valence-electron chi connectivity index (χ2n) is 6.80. The molecular formula is C14H27NO. The highest BCUT2D eigenvalue weighted by Gasteiger charge is 2.43. The van der Waals surface area contributed by atoms with E-state index in [-0.39, 0.29) is 5.41 Å². The summed E-state index contributed by atoms with van der Waals surface area (Å²) in [6.45, 7) is 7.13. The lowest BCUT2D eigenvalue weighted by Gasteiger charge is -2.35. The van der Waals surface area contributed by atoms with Gasteiger partial charge >= 0.3 is 0 Å². The number of rotatable bonds is 6. The first-order valence-corrected chi connectivity index (χ1v) is 6.89. The van der Waals surface area contributed by atoms with Crippen LogP contribution in [-0.2, 0) is 0 Å². The van der Waals surface area contributed by atoms with Crippen LogP contribution in [0.15, 0.2) is 0 Å². The molecule has 0 radical (unpaired) electrons. The van der Waals surface area contributed by atoms with Crippen molar-refractivity contribution < 1.29 is 5.11 Å². The highest BCUT2D eigenvalue weighted by Crippen LogP contribution is 2.45. The summed E-state index contributed by atoms with van der Waals surface area (Å²) in [6.07, 6.45) is 6.57. The number of hydrogen-bond acceptors (Lipinski definition) is 2. The molecule has 0 aliphatic heterocycles. The van der Waals surface area contributed by atoms with Crippen LogP contribution in [0.4, 0.5) is 0 Å². The monoisotopic (exact) mass is 225 g/mol. The summed E-state index contributed by atoms with van der Waals surface area (Å²) < 4.78 is 0. The standard InChI is InChI=1S/C14H27NO/c1-14(2,3)12(8-9-16)15-13(10-4-5-10)11-6-7-11/h10-13,15-16H,4-9H2,1-3H3. The summed E-state index contributed by atoms with van der Waals surface area (Å²) in [5.74, 6) is 1.88. The summed E-state index contributed by atoms with van der Waals surface area (Å²) >= 11 is 0. The molecule has 2 fully saturated rings. The van der Waals surface area contributed by atoms with Crippen LogP contribution in [0.25, 0.3) is 0 Å². The lowest BCUT2D eigenvalue weighted by molar-refractivity contribution is 0.175. The van der Waals surface area contributed by atoms with Crippen LogP contribution in [0.1, 0.15) is 52.9 Å². The normalized spacial score (nSPS) is 23.8. The van der Waals surface area contributed by atoms with Crippen molar-refractivity contribution in [3.63, 3.8) is 0 Å². The molecule has 2 saturated carbocycles. The van der Waals surface area contributed by atoms with Gasteiger partial charge in [0.25, 0.3) is 0 Å². The maximum Gasteiger partial charge on any atom is 0.0446 e. The molecule has 1 atom stereocenters. The maximum absolute atomic E-state index is 9.18. The zero-order valence-corrected chi connectivity index (χ0v) is 11.0. The third kappa shape index (κ3) is 3.21. The fourth-order valence-electron chi connectivity index (χ4n) is 2.70. The molecule has 16 heavy (non-hydrogen) atoms. The lowest BCUT2D eigenvalue weighted by atomic mass is 9.84. The van der Waals surface area contributed by atoms with E-state index in [4.69, 9.17) is 0 Å². The second kappa shape index (κ2) is 4.66. The first kappa shape index (κ1) is 12.4. The molecule has 2 aliphatic carbocycles.